The first-order chi connectivity index (χ1) is 10.1. The van der Waals surface area contributed by atoms with Crippen molar-refractivity contribution in [3.8, 4) is 0 Å². The molecule has 0 N–H and O–H groups in total. The van der Waals surface area contributed by atoms with Crippen molar-refractivity contribution in [1.29, 1.82) is 0 Å². The van der Waals surface area contributed by atoms with Crippen molar-refractivity contribution in [1.82, 2.24) is 0 Å². The molecule has 2 atom stereocenters. The molecular formula is C14H15Cl2NO4. The molecule has 0 spiro atoms. The van der Waals surface area contributed by atoms with Crippen LogP contribution in [0.25, 0.3) is 0 Å². The van der Waals surface area contributed by atoms with Crippen LogP contribution in [0, 0.1) is 0 Å². The third-order valence-electron chi connectivity index (χ3n) is 2.71. The van der Waals surface area contributed by atoms with Gasteiger partial charge < -0.3 is 14.2 Å². The molecular weight excluding hydrogens is 317 g/mol. The molecule has 1 aliphatic heterocycles. The molecule has 7 heteroatoms. The fraction of sp³-hybridized carbons (Fsp3) is 0.429. The van der Waals surface area contributed by atoms with Crippen molar-refractivity contribution in [2.24, 2.45) is 4.99 Å². The summed E-state index contributed by atoms with van der Waals surface area (Å²) in [7, 11) is 0. The number of carbonyl (C=O) groups excluding carboxylic acids is 1. The molecule has 1 aliphatic rings. The highest BCUT2D eigenvalue weighted by molar-refractivity contribution is 6.38. The van der Waals surface area contributed by atoms with Gasteiger partial charge in [-0.15, -0.1) is 0 Å². The van der Waals surface area contributed by atoms with Crippen molar-refractivity contribution in [2.75, 3.05) is 13.2 Å². The first-order valence-electron chi connectivity index (χ1n) is 6.56. The summed E-state index contributed by atoms with van der Waals surface area (Å²) in [4.78, 5) is 15.9. The summed E-state index contributed by atoms with van der Waals surface area (Å²) in [5, 5.41) is 0.793. The number of benzene rings is 1. The van der Waals surface area contributed by atoms with Gasteiger partial charge in [-0.2, -0.15) is 0 Å². The molecule has 1 fully saturated rings. The number of para-hydroxylation sites is 1. The van der Waals surface area contributed by atoms with Crippen LogP contribution in [0.5, 0.6) is 0 Å². The SMILES string of the molecule is CCOC(=O)C1OC1C(=Nc1c(Cl)cccc1Cl)OCC. The van der Waals surface area contributed by atoms with Crippen molar-refractivity contribution in [3.05, 3.63) is 28.2 Å². The van der Waals surface area contributed by atoms with Crippen molar-refractivity contribution in [2.45, 2.75) is 26.1 Å². The first kappa shape index (κ1) is 16.1. The largest absolute Gasteiger partial charge is 0.479 e. The highest BCUT2D eigenvalue weighted by Gasteiger charge is 2.51. The predicted octanol–water partition coefficient (Wildman–Crippen LogP) is 3.39. The predicted molar refractivity (Wildman–Crippen MR) is 80.5 cm³/mol. The van der Waals surface area contributed by atoms with E-state index >= 15 is 0 Å². The molecule has 0 bridgehead atoms. The summed E-state index contributed by atoms with van der Waals surface area (Å²) in [6, 6.07) is 5.07. The molecule has 0 aliphatic carbocycles. The Balaban J connectivity index is 2.21. The number of hydrogen-bond donors (Lipinski definition) is 0. The van der Waals surface area contributed by atoms with E-state index in [0.29, 0.717) is 28.9 Å². The van der Waals surface area contributed by atoms with Crippen molar-refractivity contribution < 1.29 is 19.0 Å². The van der Waals surface area contributed by atoms with E-state index in [1.54, 1.807) is 25.1 Å². The minimum atomic E-state index is -0.684. The quantitative estimate of drug-likeness (QED) is 0.359. The molecule has 1 aromatic carbocycles. The number of epoxide rings is 1. The Hall–Kier alpha value is -1.30. The summed E-state index contributed by atoms with van der Waals surface area (Å²) < 4.78 is 15.6. The maximum atomic E-state index is 11.6. The molecule has 0 aromatic heterocycles. The standard InChI is InChI=1S/C14H15Cl2NO4/c1-3-19-13(11-12(21-11)14(18)20-4-2)17-10-8(15)6-5-7-9(10)16/h5-7,11-12H,3-4H2,1-2H3. The summed E-state index contributed by atoms with van der Waals surface area (Å²) in [6.45, 7) is 4.22. The Bertz CT molecular complexity index is 542. The number of carbonyl (C=O) groups is 1. The lowest BCUT2D eigenvalue weighted by atomic mass is 10.3. The first-order valence-corrected chi connectivity index (χ1v) is 7.31. The van der Waals surface area contributed by atoms with Crippen LogP contribution in [0.4, 0.5) is 5.69 Å². The minimum Gasteiger partial charge on any atom is -0.479 e. The number of ether oxygens (including phenoxy) is 3. The molecule has 2 rings (SSSR count). The van der Waals surface area contributed by atoms with Gasteiger partial charge in [0.15, 0.2) is 12.2 Å². The summed E-state index contributed by atoms with van der Waals surface area (Å²) >= 11 is 12.1. The Kier molecular flexibility index (Phi) is 5.45. The molecule has 0 radical (unpaired) electrons. The Morgan fingerprint density at radius 2 is 1.81 bits per heavy atom. The zero-order chi connectivity index (χ0) is 15.4. The highest BCUT2D eigenvalue weighted by Crippen LogP contribution is 2.35. The van der Waals surface area contributed by atoms with Gasteiger partial charge in [0.05, 0.1) is 23.3 Å². The maximum Gasteiger partial charge on any atom is 0.338 e. The fourth-order valence-electron chi connectivity index (χ4n) is 1.74. The second kappa shape index (κ2) is 7.11. The number of rotatable bonds is 5. The molecule has 1 aromatic rings. The third-order valence-corrected chi connectivity index (χ3v) is 3.32. The Morgan fingerprint density at radius 1 is 1.19 bits per heavy atom. The van der Waals surface area contributed by atoms with Gasteiger partial charge in [0.2, 0.25) is 5.90 Å². The van der Waals surface area contributed by atoms with E-state index in [4.69, 9.17) is 37.4 Å². The molecule has 1 saturated heterocycles. The second-order valence-electron chi connectivity index (χ2n) is 4.18. The number of esters is 1. The van der Waals surface area contributed by atoms with E-state index in [9.17, 15) is 4.79 Å². The van der Waals surface area contributed by atoms with E-state index in [-0.39, 0.29) is 5.90 Å². The van der Waals surface area contributed by atoms with Crippen LogP contribution in [0.2, 0.25) is 10.0 Å². The summed E-state index contributed by atoms with van der Waals surface area (Å²) in [6.07, 6.45) is -1.24. The van der Waals surface area contributed by atoms with Crippen LogP contribution in [0.3, 0.4) is 0 Å². The third kappa shape index (κ3) is 3.87. The fourth-order valence-corrected chi connectivity index (χ4v) is 2.22. The molecule has 0 amide bonds. The van der Waals surface area contributed by atoms with Crippen LogP contribution in [-0.2, 0) is 19.0 Å². The topological polar surface area (TPSA) is 60.4 Å². The normalized spacial score (nSPS) is 21.0. The van der Waals surface area contributed by atoms with E-state index in [1.165, 1.54) is 0 Å². The Morgan fingerprint density at radius 3 is 2.38 bits per heavy atom. The number of aliphatic imine (C=N–C) groups is 1. The molecule has 5 nitrogen and oxygen atoms in total. The van der Waals surface area contributed by atoms with Gasteiger partial charge in [0.1, 0.15) is 5.69 Å². The van der Waals surface area contributed by atoms with Crippen molar-refractivity contribution >= 4 is 40.8 Å². The lowest BCUT2D eigenvalue weighted by molar-refractivity contribution is -0.144. The van der Waals surface area contributed by atoms with E-state index in [1.807, 2.05) is 6.92 Å². The highest BCUT2D eigenvalue weighted by atomic mass is 35.5. The molecule has 1 heterocycles. The van der Waals surface area contributed by atoms with Crippen LogP contribution in [0.15, 0.2) is 23.2 Å². The van der Waals surface area contributed by atoms with Gasteiger partial charge in [-0.05, 0) is 26.0 Å². The smallest absolute Gasteiger partial charge is 0.338 e. The van der Waals surface area contributed by atoms with Gasteiger partial charge in [0.25, 0.3) is 0 Å². The van der Waals surface area contributed by atoms with Gasteiger partial charge in [-0.1, -0.05) is 29.3 Å². The molecule has 0 saturated carbocycles. The van der Waals surface area contributed by atoms with Crippen LogP contribution >= 0.6 is 23.2 Å². The van der Waals surface area contributed by atoms with Crippen LogP contribution < -0.4 is 0 Å². The van der Waals surface area contributed by atoms with E-state index in [2.05, 4.69) is 4.99 Å². The van der Waals surface area contributed by atoms with Gasteiger partial charge in [-0.3, -0.25) is 0 Å². The second-order valence-corrected chi connectivity index (χ2v) is 5.00. The average Bonchev–Trinajstić information content (AvgIpc) is 3.22. The van der Waals surface area contributed by atoms with E-state index < -0.39 is 18.2 Å². The van der Waals surface area contributed by atoms with Gasteiger partial charge in [-0.25, -0.2) is 9.79 Å². The molecule has 2 unspecified atom stereocenters. The van der Waals surface area contributed by atoms with Crippen LogP contribution in [0.1, 0.15) is 13.8 Å². The summed E-state index contributed by atoms with van der Waals surface area (Å²) in [5.41, 5.74) is 0.391. The monoisotopic (exact) mass is 331 g/mol. The zero-order valence-electron chi connectivity index (χ0n) is 11.6. The minimum absolute atomic E-state index is 0.269. The average molecular weight is 332 g/mol. The van der Waals surface area contributed by atoms with Gasteiger partial charge >= 0.3 is 5.97 Å². The number of halogens is 2. The van der Waals surface area contributed by atoms with E-state index in [0.717, 1.165) is 0 Å². The lowest BCUT2D eigenvalue weighted by Gasteiger charge is -2.07. The van der Waals surface area contributed by atoms with Crippen molar-refractivity contribution in [3.63, 3.8) is 0 Å². The summed E-state index contributed by atoms with van der Waals surface area (Å²) in [5.74, 6) is -0.161. The lowest BCUT2D eigenvalue weighted by Crippen LogP contribution is -2.20. The van der Waals surface area contributed by atoms with Crippen LogP contribution in [-0.4, -0.2) is 37.3 Å². The molecule has 114 valence electrons. The number of nitrogens with zero attached hydrogens (tertiary/aromatic N) is 1. The molecule has 21 heavy (non-hydrogen) atoms. The number of hydrogen-bond acceptors (Lipinski definition) is 5. The zero-order valence-corrected chi connectivity index (χ0v) is 13.1. The van der Waals surface area contributed by atoms with Gasteiger partial charge in [0, 0.05) is 0 Å². The maximum absolute atomic E-state index is 11.6. The Labute approximate surface area is 132 Å².